The Morgan fingerprint density at radius 3 is 2.71 bits per heavy atom. The number of hydrogen-bond acceptors (Lipinski definition) is 6. The van der Waals surface area contributed by atoms with Crippen LogP contribution in [0, 0.1) is 18.6 Å². The van der Waals surface area contributed by atoms with Gasteiger partial charge in [-0.15, -0.1) is 0 Å². The van der Waals surface area contributed by atoms with Gasteiger partial charge in [0, 0.05) is 18.3 Å². The predicted octanol–water partition coefficient (Wildman–Crippen LogP) is 5.05. The van der Waals surface area contributed by atoms with Crippen molar-refractivity contribution in [3.05, 3.63) is 53.5 Å². The summed E-state index contributed by atoms with van der Waals surface area (Å²) in [5, 5.41) is 21.9. The molecular formula is C26H26F2N4O2. The SMILES string of the molecule is CCc1c(F)ccc2cc(O)cc(-c3ncc4c(N5CCC[C@@]5(C)CO)nc(C)nc4c3F)c12. The van der Waals surface area contributed by atoms with E-state index in [-0.39, 0.29) is 29.4 Å². The van der Waals surface area contributed by atoms with Gasteiger partial charge in [-0.3, -0.25) is 4.98 Å². The first kappa shape index (κ1) is 22.4. The molecule has 0 saturated carbocycles. The highest BCUT2D eigenvalue weighted by Gasteiger charge is 2.38. The van der Waals surface area contributed by atoms with Crippen LogP contribution in [-0.2, 0) is 6.42 Å². The summed E-state index contributed by atoms with van der Waals surface area (Å²) in [6.45, 7) is 6.12. The average Bonchev–Trinajstić information content (AvgIpc) is 3.21. The molecule has 1 aliphatic heterocycles. The topological polar surface area (TPSA) is 82.4 Å². The van der Waals surface area contributed by atoms with E-state index in [0.717, 1.165) is 12.8 Å². The van der Waals surface area contributed by atoms with Crippen LogP contribution in [0.5, 0.6) is 5.75 Å². The normalized spacial score (nSPS) is 18.4. The number of phenols is 1. The Hall–Kier alpha value is -3.39. The predicted molar refractivity (Wildman–Crippen MR) is 128 cm³/mol. The molecule has 1 fully saturated rings. The molecule has 6 nitrogen and oxygen atoms in total. The zero-order valence-corrected chi connectivity index (χ0v) is 19.4. The minimum atomic E-state index is -0.660. The van der Waals surface area contributed by atoms with Crippen molar-refractivity contribution in [1.82, 2.24) is 15.0 Å². The lowest BCUT2D eigenvalue weighted by Crippen LogP contribution is -2.45. The molecule has 176 valence electrons. The fourth-order valence-electron chi connectivity index (χ4n) is 5.13. The molecule has 0 radical (unpaired) electrons. The molecule has 0 bridgehead atoms. The Bertz CT molecular complexity index is 1440. The number of pyridine rings is 1. The number of anilines is 1. The number of rotatable bonds is 4. The molecule has 1 atom stereocenters. The number of benzene rings is 2. The van der Waals surface area contributed by atoms with E-state index < -0.39 is 11.4 Å². The molecule has 0 aliphatic carbocycles. The fraction of sp³-hybridized carbons (Fsp3) is 0.346. The van der Waals surface area contributed by atoms with Crippen LogP contribution in [0.2, 0.25) is 0 Å². The molecule has 1 aliphatic rings. The molecule has 3 heterocycles. The molecule has 4 aromatic rings. The van der Waals surface area contributed by atoms with Crippen molar-refractivity contribution in [3.63, 3.8) is 0 Å². The van der Waals surface area contributed by atoms with Crippen molar-refractivity contribution in [1.29, 1.82) is 0 Å². The molecule has 0 unspecified atom stereocenters. The first-order chi connectivity index (χ1) is 16.3. The van der Waals surface area contributed by atoms with Gasteiger partial charge in [0.25, 0.3) is 0 Å². The maximum atomic E-state index is 16.1. The molecule has 34 heavy (non-hydrogen) atoms. The number of aromatic hydroxyl groups is 1. The number of aliphatic hydroxyl groups is 1. The fourth-order valence-corrected chi connectivity index (χ4v) is 5.13. The highest BCUT2D eigenvalue weighted by molar-refractivity contribution is 6.01. The van der Waals surface area contributed by atoms with Gasteiger partial charge < -0.3 is 15.1 Å². The van der Waals surface area contributed by atoms with E-state index in [0.29, 0.717) is 51.9 Å². The van der Waals surface area contributed by atoms with Gasteiger partial charge in [-0.2, -0.15) is 0 Å². The minimum Gasteiger partial charge on any atom is -0.508 e. The number of fused-ring (bicyclic) bond motifs is 2. The second-order valence-corrected chi connectivity index (χ2v) is 9.16. The van der Waals surface area contributed by atoms with Crippen molar-refractivity contribution in [2.45, 2.75) is 45.6 Å². The summed E-state index contributed by atoms with van der Waals surface area (Å²) < 4.78 is 30.7. The second-order valence-electron chi connectivity index (χ2n) is 9.16. The summed E-state index contributed by atoms with van der Waals surface area (Å²) in [4.78, 5) is 15.4. The van der Waals surface area contributed by atoms with Gasteiger partial charge in [0.2, 0.25) is 0 Å². The lowest BCUT2D eigenvalue weighted by Gasteiger charge is -2.35. The van der Waals surface area contributed by atoms with Crippen LogP contribution in [0.4, 0.5) is 14.6 Å². The van der Waals surface area contributed by atoms with Crippen molar-refractivity contribution in [2.75, 3.05) is 18.1 Å². The van der Waals surface area contributed by atoms with Gasteiger partial charge in [0.05, 0.1) is 17.5 Å². The van der Waals surface area contributed by atoms with Gasteiger partial charge >= 0.3 is 0 Å². The van der Waals surface area contributed by atoms with Crippen molar-refractivity contribution >= 4 is 27.5 Å². The smallest absolute Gasteiger partial charge is 0.175 e. The number of aliphatic hydroxyl groups excluding tert-OH is 1. The molecule has 5 rings (SSSR count). The van der Waals surface area contributed by atoms with E-state index in [1.54, 1.807) is 13.0 Å². The first-order valence-corrected chi connectivity index (χ1v) is 11.4. The van der Waals surface area contributed by atoms with Crippen LogP contribution in [0.1, 0.15) is 38.1 Å². The van der Waals surface area contributed by atoms with Crippen LogP contribution in [0.3, 0.4) is 0 Å². The Balaban J connectivity index is 1.80. The molecule has 2 aromatic carbocycles. The third-order valence-electron chi connectivity index (χ3n) is 6.88. The molecule has 2 N–H and O–H groups in total. The highest BCUT2D eigenvalue weighted by Crippen LogP contribution is 2.40. The molecule has 0 amide bonds. The molecule has 0 spiro atoms. The maximum Gasteiger partial charge on any atom is 0.175 e. The van der Waals surface area contributed by atoms with E-state index in [4.69, 9.17) is 0 Å². The lowest BCUT2D eigenvalue weighted by molar-refractivity contribution is 0.209. The van der Waals surface area contributed by atoms with Gasteiger partial charge in [0.1, 0.15) is 34.4 Å². The van der Waals surface area contributed by atoms with Crippen molar-refractivity contribution in [3.8, 4) is 17.0 Å². The Morgan fingerprint density at radius 1 is 1.18 bits per heavy atom. The molecular weight excluding hydrogens is 438 g/mol. The average molecular weight is 465 g/mol. The van der Waals surface area contributed by atoms with Gasteiger partial charge in [-0.1, -0.05) is 13.0 Å². The third-order valence-corrected chi connectivity index (χ3v) is 6.88. The van der Waals surface area contributed by atoms with Gasteiger partial charge in [-0.05, 0) is 67.6 Å². The molecule has 1 saturated heterocycles. The lowest BCUT2D eigenvalue weighted by atomic mass is 9.94. The quantitative estimate of drug-likeness (QED) is 0.440. The van der Waals surface area contributed by atoms with Crippen LogP contribution in [-0.4, -0.2) is 43.9 Å². The maximum absolute atomic E-state index is 16.1. The number of aryl methyl sites for hydroxylation is 2. The minimum absolute atomic E-state index is 0.0101. The van der Waals surface area contributed by atoms with Crippen LogP contribution >= 0.6 is 0 Å². The summed E-state index contributed by atoms with van der Waals surface area (Å²) in [6, 6.07) is 5.87. The van der Waals surface area contributed by atoms with Crippen LogP contribution < -0.4 is 4.90 Å². The standard InChI is InChI=1S/C26H26F2N4O2/c1-4-17-20(27)7-6-15-10-16(34)11-18(21(15)17)23-22(28)24-19(12-29-23)25(31-14(2)30-24)32-9-5-8-26(32,3)13-33/h6-7,10-12,33-34H,4-5,8-9,13H2,1-3H3/t26-/m0/s1. The largest absolute Gasteiger partial charge is 0.508 e. The first-order valence-electron chi connectivity index (χ1n) is 11.4. The summed E-state index contributed by atoms with van der Waals surface area (Å²) in [5.74, 6) is -0.177. The van der Waals surface area contributed by atoms with Gasteiger partial charge in [-0.25, -0.2) is 18.7 Å². The molecule has 8 heteroatoms. The summed E-state index contributed by atoms with van der Waals surface area (Å²) >= 11 is 0. The number of nitrogens with zero attached hydrogens (tertiary/aromatic N) is 4. The van der Waals surface area contributed by atoms with Gasteiger partial charge in [0.15, 0.2) is 5.82 Å². The number of phenolic OH excluding ortho intramolecular Hbond substituents is 1. The summed E-state index contributed by atoms with van der Waals surface area (Å²) in [6.07, 6.45) is 3.61. The Kier molecular flexibility index (Phi) is 5.36. The van der Waals surface area contributed by atoms with E-state index in [1.807, 2.05) is 18.7 Å². The monoisotopic (exact) mass is 464 g/mol. The Labute approximate surface area is 195 Å². The highest BCUT2D eigenvalue weighted by atomic mass is 19.1. The van der Waals surface area contributed by atoms with E-state index in [2.05, 4.69) is 15.0 Å². The van der Waals surface area contributed by atoms with Crippen molar-refractivity contribution < 1.29 is 19.0 Å². The van der Waals surface area contributed by atoms with Crippen LogP contribution in [0.25, 0.3) is 32.9 Å². The number of halogens is 2. The zero-order chi connectivity index (χ0) is 24.2. The number of hydrogen-bond donors (Lipinski definition) is 2. The van der Waals surface area contributed by atoms with E-state index in [9.17, 15) is 14.6 Å². The summed E-state index contributed by atoms with van der Waals surface area (Å²) in [7, 11) is 0. The Morgan fingerprint density at radius 2 is 1.97 bits per heavy atom. The third kappa shape index (κ3) is 3.36. The van der Waals surface area contributed by atoms with Crippen molar-refractivity contribution in [2.24, 2.45) is 0 Å². The summed E-state index contributed by atoms with van der Waals surface area (Å²) in [5.41, 5.74) is 0.335. The molecule has 2 aromatic heterocycles. The van der Waals surface area contributed by atoms with E-state index in [1.165, 1.54) is 24.4 Å². The van der Waals surface area contributed by atoms with E-state index >= 15 is 4.39 Å². The van der Waals surface area contributed by atoms with Crippen LogP contribution in [0.15, 0.2) is 30.5 Å². The zero-order valence-electron chi connectivity index (χ0n) is 19.4. The number of aromatic nitrogens is 3. The second kappa shape index (κ2) is 8.13.